The van der Waals surface area contributed by atoms with Crippen LogP contribution in [0.3, 0.4) is 0 Å². The Bertz CT molecular complexity index is 707. The average Bonchev–Trinajstić information content (AvgIpc) is 2.73. The van der Waals surface area contributed by atoms with Gasteiger partial charge in [0.25, 0.3) is 0 Å². The van der Waals surface area contributed by atoms with Gasteiger partial charge in [-0.15, -0.1) is 0 Å². The molecule has 0 aliphatic carbocycles. The maximum absolute atomic E-state index is 12.2. The minimum atomic E-state index is -0.917. The topological polar surface area (TPSA) is 32.7 Å². The number of hydrogen-bond donors (Lipinski definition) is 1. The van der Waals surface area contributed by atoms with Crippen LogP contribution < -0.4 is 4.74 Å². The molecule has 1 fully saturated rings. The van der Waals surface area contributed by atoms with Gasteiger partial charge in [-0.05, 0) is 61.5 Å². The molecule has 3 rings (SSSR count). The molecule has 2 aromatic rings. The van der Waals surface area contributed by atoms with Crippen LogP contribution in [0.15, 0.2) is 54.6 Å². The van der Waals surface area contributed by atoms with E-state index in [4.69, 9.17) is 4.74 Å². The van der Waals surface area contributed by atoms with E-state index in [0.29, 0.717) is 5.92 Å². The van der Waals surface area contributed by atoms with Crippen molar-refractivity contribution >= 4 is 0 Å². The number of aliphatic hydroxyl groups is 1. The summed E-state index contributed by atoms with van der Waals surface area (Å²) in [6.07, 6.45) is 4.56. The van der Waals surface area contributed by atoms with E-state index in [1.807, 2.05) is 24.3 Å². The largest absolute Gasteiger partial charge is 0.497 e. The summed E-state index contributed by atoms with van der Waals surface area (Å²) in [7, 11) is 1.68. The van der Waals surface area contributed by atoms with Crippen LogP contribution in [0.2, 0.25) is 0 Å². The Balaban J connectivity index is 2.01. The maximum atomic E-state index is 12.2. The summed E-state index contributed by atoms with van der Waals surface area (Å²) in [5.74, 6) is 1.24. The minimum Gasteiger partial charge on any atom is -0.497 e. The van der Waals surface area contributed by atoms with Gasteiger partial charge in [0.05, 0.1) is 12.7 Å². The molecule has 3 nitrogen and oxygen atoms in total. The summed E-state index contributed by atoms with van der Waals surface area (Å²) in [6, 6.07) is 18.6. The number of likely N-dealkylation sites (tertiary alicyclic amines) is 1. The van der Waals surface area contributed by atoms with Gasteiger partial charge < -0.3 is 14.7 Å². The van der Waals surface area contributed by atoms with Gasteiger partial charge in [-0.2, -0.15) is 0 Å². The van der Waals surface area contributed by atoms with Gasteiger partial charge in [-0.3, -0.25) is 0 Å². The summed E-state index contributed by atoms with van der Waals surface area (Å²) >= 11 is 0. The Morgan fingerprint density at radius 2 is 1.61 bits per heavy atom. The molecular formula is C25H35NO2. The van der Waals surface area contributed by atoms with E-state index in [0.717, 1.165) is 37.4 Å². The van der Waals surface area contributed by atoms with Crippen LogP contribution in [-0.4, -0.2) is 36.8 Å². The highest BCUT2D eigenvalue weighted by molar-refractivity contribution is 5.35. The lowest BCUT2D eigenvalue weighted by Crippen LogP contribution is -2.43. The zero-order valence-electron chi connectivity index (χ0n) is 17.6. The van der Waals surface area contributed by atoms with Crippen LogP contribution >= 0.6 is 0 Å². The van der Waals surface area contributed by atoms with Crippen molar-refractivity contribution in [3.63, 3.8) is 0 Å². The highest BCUT2D eigenvalue weighted by Gasteiger charge is 2.40. The SMILES string of the molecule is COc1ccc(C(O)(CC(C)C)C(CN2CCCCC2)c2ccccc2)cc1. The van der Waals surface area contributed by atoms with Crippen molar-refractivity contribution < 1.29 is 9.84 Å². The van der Waals surface area contributed by atoms with E-state index in [2.05, 4.69) is 49.1 Å². The second-order valence-electron chi connectivity index (χ2n) is 8.58. The summed E-state index contributed by atoms with van der Waals surface area (Å²) in [5.41, 5.74) is 1.28. The van der Waals surface area contributed by atoms with Gasteiger partial charge in [0.2, 0.25) is 0 Å². The molecule has 28 heavy (non-hydrogen) atoms. The number of methoxy groups -OCH3 is 1. The zero-order chi connectivity index (χ0) is 20.0. The fourth-order valence-electron chi connectivity index (χ4n) is 4.58. The zero-order valence-corrected chi connectivity index (χ0v) is 17.6. The van der Waals surface area contributed by atoms with Crippen LogP contribution in [0, 0.1) is 5.92 Å². The molecule has 0 bridgehead atoms. The normalized spacial score (nSPS) is 18.6. The first-order valence-electron chi connectivity index (χ1n) is 10.7. The first-order chi connectivity index (χ1) is 13.5. The van der Waals surface area contributed by atoms with Crippen LogP contribution in [0.4, 0.5) is 0 Å². The quantitative estimate of drug-likeness (QED) is 0.682. The molecule has 2 aromatic carbocycles. The molecule has 0 radical (unpaired) electrons. The van der Waals surface area contributed by atoms with Crippen molar-refractivity contribution in [1.29, 1.82) is 0 Å². The molecule has 0 amide bonds. The van der Waals surface area contributed by atoms with Crippen molar-refractivity contribution in [1.82, 2.24) is 4.90 Å². The van der Waals surface area contributed by atoms with E-state index < -0.39 is 5.60 Å². The summed E-state index contributed by atoms with van der Waals surface area (Å²) in [5, 5.41) is 12.2. The predicted octanol–water partition coefficient (Wildman–Crippen LogP) is 5.20. The molecule has 0 saturated carbocycles. The number of piperidine rings is 1. The maximum Gasteiger partial charge on any atom is 0.118 e. The predicted molar refractivity (Wildman–Crippen MR) is 116 cm³/mol. The van der Waals surface area contributed by atoms with E-state index in [1.165, 1.54) is 24.8 Å². The number of ether oxygens (including phenoxy) is 1. The van der Waals surface area contributed by atoms with Gasteiger partial charge in [0.1, 0.15) is 5.75 Å². The Kier molecular flexibility index (Phi) is 7.14. The number of hydrogen-bond acceptors (Lipinski definition) is 3. The van der Waals surface area contributed by atoms with Gasteiger partial charge in [0.15, 0.2) is 0 Å². The van der Waals surface area contributed by atoms with Gasteiger partial charge in [-0.25, -0.2) is 0 Å². The van der Waals surface area contributed by atoms with Crippen LogP contribution in [0.5, 0.6) is 5.75 Å². The number of benzene rings is 2. The van der Waals surface area contributed by atoms with E-state index in [9.17, 15) is 5.11 Å². The highest BCUT2D eigenvalue weighted by Crippen LogP contribution is 2.43. The Morgan fingerprint density at radius 3 is 2.18 bits per heavy atom. The van der Waals surface area contributed by atoms with Crippen molar-refractivity contribution in [2.24, 2.45) is 5.92 Å². The Morgan fingerprint density at radius 1 is 0.964 bits per heavy atom. The van der Waals surface area contributed by atoms with Gasteiger partial charge in [0, 0.05) is 12.5 Å². The van der Waals surface area contributed by atoms with Crippen molar-refractivity contribution in [2.45, 2.75) is 51.0 Å². The lowest BCUT2D eigenvalue weighted by Gasteiger charge is -2.42. The third-order valence-corrected chi connectivity index (χ3v) is 5.98. The molecule has 2 unspecified atom stereocenters. The molecule has 1 aliphatic rings. The lowest BCUT2D eigenvalue weighted by molar-refractivity contribution is -0.0245. The fourth-order valence-corrected chi connectivity index (χ4v) is 4.58. The molecule has 1 N–H and O–H groups in total. The summed E-state index contributed by atoms with van der Waals surface area (Å²) in [4.78, 5) is 2.54. The van der Waals surface area contributed by atoms with Gasteiger partial charge in [-0.1, -0.05) is 62.7 Å². The first kappa shape index (κ1) is 20.9. The second-order valence-corrected chi connectivity index (χ2v) is 8.58. The summed E-state index contributed by atoms with van der Waals surface area (Å²) < 4.78 is 5.34. The highest BCUT2D eigenvalue weighted by atomic mass is 16.5. The van der Waals surface area contributed by atoms with Crippen molar-refractivity contribution in [2.75, 3.05) is 26.7 Å². The van der Waals surface area contributed by atoms with E-state index in [1.54, 1.807) is 7.11 Å². The fraction of sp³-hybridized carbons (Fsp3) is 0.520. The molecular weight excluding hydrogens is 346 g/mol. The first-order valence-corrected chi connectivity index (χ1v) is 10.7. The molecule has 3 heteroatoms. The minimum absolute atomic E-state index is 0.0302. The third-order valence-electron chi connectivity index (χ3n) is 5.98. The van der Waals surface area contributed by atoms with Gasteiger partial charge >= 0.3 is 0 Å². The number of nitrogens with zero attached hydrogens (tertiary/aromatic N) is 1. The Hall–Kier alpha value is -1.84. The van der Waals surface area contributed by atoms with Crippen LogP contribution in [0.25, 0.3) is 0 Å². The van der Waals surface area contributed by atoms with E-state index >= 15 is 0 Å². The molecule has 1 aliphatic heterocycles. The van der Waals surface area contributed by atoms with Crippen molar-refractivity contribution in [3.8, 4) is 5.75 Å². The monoisotopic (exact) mass is 381 g/mol. The average molecular weight is 382 g/mol. The molecule has 1 heterocycles. The molecule has 2 atom stereocenters. The third kappa shape index (κ3) is 4.95. The Labute approximate surface area is 170 Å². The second kappa shape index (κ2) is 9.58. The van der Waals surface area contributed by atoms with Crippen LogP contribution in [-0.2, 0) is 5.60 Å². The summed E-state index contributed by atoms with van der Waals surface area (Å²) in [6.45, 7) is 7.53. The van der Waals surface area contributed by atoms with E-state index in [-0.39, 0.29) is 5.92 Å². The van der Waals surface area contributed by atoms with Crippen LogP contribution in [0.1, 0.15) is 56.6 Å². The molecule has 0 spiro atoms. The number of rotatable bonds is 8. The smallest absolute Gasteiger partial charge is 0.118 e. The van der Waals surface area contributed by atoms with Crippen molar-refractivity contribution in [3.05, 3.63) is 65.7 Å². The molecule has 152 valence electrons. The lowest BCUT2D eigenvalue weighted by atomic mass is 9.72. The standard InChI is InChI=1S/C25H35NO2/c1-20(2)18-25(27,22-12-14-23(28-3)15-13-22)24(21-10-6-4-7-11-21)19-26-16-8-5-9-17-26/h4,6-7,10-15,20,24,27H,5,8-9,16-19H2,1-3H3. The molecule has 1 saturated heterocycles. The molecule has 0 aromatic heterocycles.